The first-order chi connectivity index (χ1) is 9.96. The summed E-state index contributed by atoms with van der Waals surface area (Å²) >= 11 is 1.64. The lowest BCUT2D eigenvalue weighted by Crippen LogP contribution is -2.36. The summed E-state index contributed by atoms with van der Waals surface area (Å²) in [4.78, 5) is 5.44. The van der Waals surface area contributed by atoms with Crippen LogP contribution in [0.2, 0.25) is 0 Å². The predicted molar refractivity (Wildman–Crippen MR) is 86.2 cm³/mol. The Kier molecular flexibility index (Phi) is 4.97. The van der Waals surface area contributed by atoms with Crippen molar-refractivity contribution >= 4 is 27.2 Å². The maximum atomic E-state index is 12.7. The van der Waals surface area contributed by atoms with Crippen molar-refractivity contribution in [2.75, 3.05) is 19.4 Å². The van der Waals surface area contributed by atoms with Gasteiger partial charge < -0.3 is 5.32 Å². The molecule has 7 heteroatoms. The SMILES string of the molecule is CNc1ncccc1S(=O)(=O)N(C)C(C)Cc1cccs1. The minimum Gasteiger partial charge on any atom is -0.372 e. The van der Waals surface area contributed by atoms with E-state index in [0.717, 1.165) is 0 Å². The molecule has 21 heavy (non-hydrogen) atoms. The highest BCUT2D eigenvalue weighted by molar-refractivity contribution is 7.89. The smallest absolute Gasteiger partial charge is 0.246 e. The van der Waals surface area contributed by atoms with Gasteiger partial charge >= 0.3 is 0 Å². The molecule has 0 aliphatic carbocycles. The molecule has 0 spiro atoms. The molecule has 2 rings (SSSR count). The zero-order valence-corrected chi connectivity index (χ0v) is 13.9. The van der Waals surface area contributed by atoms with E-state index >= 15 is 0 Å². The Morgan fingerprint density at radius 2 is 2.14 bits per heavy atom. The van der Waals surface area contributed by atoms with Crippen LogP contribution in [0.1, 0.15) is 11.8 Å². The molecule has 2 aromatic heterocycles. The van der Waals surface area contributed by atoms with Gasteiger partial charge in [-0.15, -0.1) is 11.3 Å². The summed E-state index contributed by atoms with van der Waals surface area (Å²) in [5.41, 5.74) is 0. The summed E-state index contributed by atoms with van der Waals surface area (Å²) in [5, 5.41) is 4.82. The Labute approximate surface area is 129 Å². The summed E-state index contributed by atoms with van der Waals surface area (Å²) in [7, 11) is -0.297. The van der Waals surface area contributed by atoms with Gasteiger partial charge in [0.2, 0.25) is 10.0 Å². The minimum atomic E-state index is -3.57. The third-order valence-electron chi connectivity index (χ3n) is 3.36. The molecule has 1 unspecified atom stereocenters. The molecule has 0 saturated carbocycles. The van der Waals surface area contributed by atoms with Gasteiger partial charge in [-0.1, -0.05) is 6.07 Å². The summed E-state index contributed by atoms with van der Waals surface area (Å²) in [6, 6.07) is 7.07. The van der Waals surface area contributed by atoms with Crippen LogP contribution >= 0.6 is 11.3 Å². The van der Waals surface area contributed by atoms with Gasteiger partial charge in [0.25, 0.3) is 0 Å². The lowest BCUT2D eigenvalue weighted by atomic mass is 10.2. The van der Waals surface area contributed by atoms with Gasteiger partial charge in [-0.2, -0.15) is 4.31 Å². The maximum Gasteiger partial charge on any atom is 0.246 e. The Bertz CT molecular complexity index is 684. The lowest BCUT2D eigenvalue weighted by molar-refractivity contribution is 0.388. The van der Waals surface area contributed by atoms with E-state index in [1.165, 1.54) is 9.18 Å². The predicted octanol–water partition coefficient (Wildman–Crippen LogP) is 2.44. The summed E-state index contributed by atoms with van der Waals surface area (Å²) in [6.07, 6.45) is 2.27. The largest absolute Gasteiger partial charge is 0.372 e. The Morgan fingerprint density at radius 3 is 2.76 bits per heavy atom. The molecular weight excluding hydrogens is 306 g/mol. The zero-order valence-electron chi connectivity index (χ0n) is 12.3. The van der Waals surface area contributed by atoms with Gasteiger partial charge in [0.1, 0.15) is 10.7 Å². The van der Waals surface area contributed by atoms with Crippen molar-refractivity contribution in [3.05, 3.63) is 40.7 Å². The number of thiophene rings is 1. The quantitative estimate of drug-likeness (QED) is 0.886. The fourth-order valence-electron chi connectivity index (χ4n) is 2.03. The number of nitrogens with zero attached hydrogens (tertiary/aromatic N) is 2. The van der Waals surface area contributed by atoms with Gasteiger partial charge in [0, 0.05) is 31.2 Å². The molecule has 0 aliphatic rings. The lowest BCUT2D eigenvalue weighted by Gasteiger charge is -2.24. The number of rotatable bonds is 6. The minimum absolute atomic E-state index is 0.126. The third kappa shape index (κ3) is 3.42. The first-order valence-electron chi connectivity index (χ1n) is 6.60. The fourth-order valence-corrected chi connectivity index (χ4v) is 4.36. The van der Waals surface area contributed by atoms with Crippen molar-refractivity contribution in [2.24, 2.45) is 0 Å². The highest BCUT2D eigenvalue weighted by atomic mass is 32.2. The van der Waals surface area contributed by atoms with Crippen LogP contribution in [0.15, 0.2) is 40.7 Å². The monoisotopic (exact) mass is 325 g/mol. The molecule has 5 nitrogen and oxygen atoms in total. The fraction of sp³-hybridized carbons (Fsp3) is 0.357. The van der Waals surface area contributed by atoms with Gasteiger partial charge in [-0.3, -0.25) is 0 Å². The third-order valence-corrected chi connectivity index (χ3v) is 6.26. The Hall–Kier alpha value is -1.44. The molecule has 114 valence electrons. The molecule has 0 fully saturated rings. The second-order valence-electron chi connectivity index (χ2n) is 4.75. The van der Waals surface area contributed by atoms with Crippen LogP contribution in [0, 0.1) is 0 Å². The molecule has 0 aliphatic heterocycles. The maximum absolute atomic E-state index is 12.7. The topological polar surface area (TPSA) is 62.3 Å². The highest BCUT2D eigenvalue weighted by Crippen LogP contribution is 2.24. The van der Waals surface area contributed by atoms with Crippen molar-refractivity contribution in [3.8, 4) is 0 Å². The molecule has 2 heterocycles. The van der Waals surface area contributed by atoms with E-state index in [1.807, 2.05) is 24.4 Å². The molecule has 0 amide bonds. The van der Waals surface area contributed by atoms with Crippen LogP contribution in [-0.4, -0.2) is 37.8 Å². The number of aromatic nitrogens is 1. The van der Waals surface area contributed by atoms with Gasteiger partial charge in [-0.05, 0) is 36.9 Å². The molecular formula is C14H19N3O2S2. The molecule has 1 atom stereocenters. The standard InChI is InChI=1S/C14H19N3O2S2/c1-11(10-12-6-5-9-20-12)17(3)21(18,19)13-7-4-8-16-14(13)15-2/h4-9,11H,10H2,1-3H3,(H,15,16). The Balaban J connectivity index is 2.26. The van der Waals surface area contributed by atoms with Crippen molar-refractivity contribution in [2.45, 2.75) is 24.3 Å². The van der Waals surface area contributed by atoms with Gasteiger partial charge in [0.15, 0.2) is 0 Å². The van der Waals surface area contributed by atoms with E-state index < -0.39 is 10.0 Å². The normalized spacial score (nSPS) is 13.3. The number of sulfonamides is 1. The van der Waals surface area contributed by atoms with Gasteiger partial charge in [-0.25, -0.2) is 13.4 Å². The number of anilines is 1. The van der Waals surface area contributed by atoms with Crippen molar-refractivity contribution in [1.29, 1.82) is 0 Å². The van der Waals surface area contributed by atoms with Crippen LogP contribution in [0.5, 0.6) is 0 Å². The van der Waals surface area contributed by atoms with Crippen LogP contribution in [0.25, 0.3) is 0 Å². The number of pyridine rings is 1. The average molecular weight is 325 g/mol. The number of nitrogens with one attached hydrogen (secondary N) is 1. The van der Waals surface area contributed by atoms with Crippen LogP contribution in [-0.2, 0) is 16.4 Å². The average Bonchev–Trinajstić information content (AvgIpc) is 2.99. The Morgan fingerprint density at radius 1 is 1.38 bits per heavy atom. The number of hydrogen-bond donors (Lipinski definition) is 1. The van der Waals surface area contributed by atoms with Crippen LogP contribution < -0.4 is 5.32 Å². The molecule has 1 N–H and O–H groups in total. The summed E-state index contributed by atoms with van der Waals surface area (Å²) < 4.78 is 26.9. The zero-order chi connectivity index (χ0) is 15.5. The van der Waals surface area contributed by atoms with Crippen LogP contribution in [0.4, 0.5) is 5.82 Å². The second-order valence-corrected chi connectivity index (χ2v) is 7.75. The van der Waals surface area contributed by atoms with E-state index in [2.05, 4.69) is 10.3 Å². The molecule has 0 saturated heterocycles. The van der Waals surface area contributed by atoms with E-state index in [4.69, 9.17) is 0 Å². The van der Waals surface area contributed by atoms with E-state index in [-0.39, 0.29) is 10.9 Å². The van der Waals surface area contributed by atoms with Gasteiger partial charge in [0.05, 0.1) is 0 Å². The first kappa shape index (κ1) is 15.9. The van der Waals surface area contributed by atoms with E-state index in [9.17, 15) is 8.42 Å². The van der Waals surface area contributed by atoms with Crippen molar-refractivity contribution < 1.29 is 8.42 Å². The number of hydrogen-bond acceptors (Lipinski definition) is 5. The second kappa shape index (κ2) is 6.55. The van der Waals surface area contributed by atoms with Crippen molar-refractivity contribution in [3.63, 3.8) is 0 Å². The summed E-state index contributed by atoms with van der Waals surface area (Å²) in [6.45, 7) is 1.91. The van der Waals surface area contributed by atoms with E-state index in [1.54, 1.807) is 43.8 Å². The summed E-state index contributed by atoms with van der Waals surface area (Å²) in [5.74, 6) is 0.368. The molecule has 2 aromatic rings. The highest BCUT2D eigenvalue weighted by Gasteiger charge is 2.28. The first-order valence-corrected chi connectivity index (χ1v) is 8.92. The molecule has 0 bridgehead atoms. The van der Waals surface area contributed by atoms with E-state index in [0.29, 0.717) is 12.2 Å². The van der Waals surface area contributed by atoms with Crippen molar-refractivity contribution in [1.82, 2.24) is 9.29 Å². The van der Waals surface area contributed by atoms with Crippen LogP contribution in [0.3, 0.4) is 0 Å². The molecule has 0 radical (unpaired) electrons. The molecule has 0 aromatic carbocycles. The number of likely N-dealkylation sites (N-methyl/N-ethyl adjacent to an activating group) is 1.